The van der Waals surface area contributed by atoms with Gasteiger partial charge in [-0.2, -0.15) is 23.5 Å². The van der Waals surface area contributed by atoms with E-state index in [1.807, 2.05) is 0 Å². The number of aliphatic hydroxyl groups excluding tert-OH is 1. The van der Waals surface area contributed by atoms with Crippen LogP contribution in [0.3, 0.4) is 0 Å². The maximum absolute atomic E-state index is 13.0. The van der Waals surface area contributed by atoms with Crippen molar-refractivity contribution in [3.05, 3.63) is 41.6 Å². The van der Waals surface area contributed by atoms with E-state index in [1.165, 1.54) is 32.2 Å². The van der Waals surface area contributed by atoms with E-state index in [4.69, 9.17) is 5.73 Å². The summed E-state index contributed by atoms with van der Waals surface area (Å²) in [6, 6.07) is 8.19. The molecule has 0 radical (unpaired) electrons. The molecule has 0 aliphatic heterocycles. The molecule has 172 valence electrons. The summed E-state index contributed by atoms with van der Waals surface area (Å²) in [6.07, 6.45) is -2.28. The minimum absolute atomic E-state index is 0.157. The van der Waals surface area contributed by atoms with Crippen LogP contribution in [0.5, 0.6) is 0 Å². The monoisotopic (exact) mass is 449 g/mol. The molecule has 4 N–H and O–H groups in total. The third-order valence-corrected chi connectivity index (χ3v) is 6.12. The Morgan fingerprint density at radius 3 is 2.47 bits per heavy atom. The number of halogens is 3. The maximum atomic E-state index is 13.0. The van der Waals surface area contributed by atoms with E-state index in [0.29, 0.717) is 11.3 Å². The van der Waals surface area contributed by atoms with Crippen molar-refractivity contribution in [2.24, 2.45) is 11.7 Å². The lowest BCUT2D eigenvalue weighted by Crippen LogP contribution is -2.44. The minimum Gasteiger partial charge on any atom is -0.383 e. The number of aromatic nitrogens is 2. The Hall–Kier alpha value is -3.06. The van der Waals surface area contributed by atoms with Crippen LogP contribution in [0.25, 0.3) is 0 Å². The van der Waals surface area contributed by atoms with Gasteiger partial charge >= 0.3 is 6.18 Å². The van der Waals surface area contributed by atoms with Gasteiger partial charge in [-0.15, -0.1) is 0 Å². The van der Waals surface area contributed by atoms with Crippen molar-refractivity contribution in [2.45, 2.75) is 63.3 Å². The van der Waals surface area contributed by atoms with Crippen LogP contribution in [-0.4, -0.2) is 33.1 Å². The van der Waals surface area contributed by atoms with E-state index in [0.717, 1.165) is 25.7 Å². The third kappa shape index (κ3) is 4.72. The average Bonchev–Trinajstić information content (AvgIpc) is 3.16. The van der Waals surface area contributed by atoms with Gasteiger partial charge in [0.1, 0.15) is 5.56 Å². The number of nitrogens with zero attached hydrogens (tertiary/aromatic N) is 3. The molecule has 1 aromatic heterocycles. The Morgan fingerprint density at radius 2 is 1.91 bits per heavy atom. The van der Waals surface area contributed by atoms with Gasteiger partial charge in [0, 0.05) is 17.3 Å². The molecule has 10 heteroatoms. The number of alkyl halides is 3. The van der Waals surface area contributed by atoms with E-state index in [1.54, 1.807) is 16.8 Å². The molecule has 0 spiro atoms. The zero-order valence-electron chi connectivity index (χ0n) is 17.9. The highest BCUT2D eigenvalue weighted by molar-refractivity contribution is 5.98. The first-order chi connectivity index (χ1) is 14.9. The predicted octanol–water partition coefficient (Wildman–Crippen LogP) is 4.18. The van der Waals surface area contributed by atoms with Crippen LogP contribution in [0.1, 0.15) is 61.5 Å². The molecule has 2 aromatic rings. The molecule has 3 atom stereocenters. The second kappa shape index (κ2) is 8.82. The number of anilines is 2. The summed E-state index contributed by atoms with van der Waals surface area (Å²) in [5.41, 5.74) is 4.89. The lowest BCUT2D eigenvalue weighted by atomic mass is 9.79. The second-order valence-corrected chi connectivity index (χ2v) is 8.69. The number of carbonyl (C=O) groups is 1. The summed E-state index contributed by atoms with van der Waals surface area (Å²) in [5.74, 6) is -0.685. The van der Waals surface area contributed by atoms with Gasteiger partial charge in [-0.3, -0.25) is 9.48 Å². The van der Waals surface area contributed by atoms with Gasteiger partial charge in [-0.25, -0.2) is 0 Å². The number of amides is 1. The number of nitrogens with two attached hydrogens (primary N) is 1. The predicted molar refractivity (Wildman–Crippen MR) is 112 cm³/mol. The highest BCUT2D eigenvalue weighted by atomic mass is 19.4. The molecule has 0 saturated heterocycles. The number of hydrogen-bond donors (Lipinski definition) is 3. The van der Waals surface area contributed by atoms with Gasteiger partial charge in [0.05, 0.1) is 18.0 Å². The van der Waals surface area contributed by atoms with Crippen LogP contribution in [0.2, 0.25) is 0 Å². The molecule has 3 rings (SSSR count). The molecule has 7 nitrogen and oxygen atoms in total. The van der Waals surface area contributed by atoms with Gasteiger partial charge in [0.25, 0.3) is 5.91 Å². The van der Waals surface area contributed by atoms with Crippen molar-refractivity contribution < 1.29 is 23.1 Å². The van der Waals surface area contributed by atoms with Gasteiger partial charge in [-0.05, 0) is 30.5 Å². The van der Waals surface area contributed by atoms with E-state index >= 15 is 0 Å². The zero-order chi connectivity index (χ0) is 23.7. The molecule has 0 bridgehead atoms. The number of rotatable bonds is 6. The van der Waals surface area contributed by atoms with Gasteiger partial charge in [0.15, 0.2) is 11.9 Å². The number of nitrogens with one attached hydrogen (secondary N) is 1. The van der Waals surface area contributed by atoms with Crippen LogP contribution >= 0.6 is 0 Å². The zero-order valence-corrected chi connectivity index (χ0v) is 17.9. The Balaban J connectivity index is 1.85. The lowest BCUT2D eigenvalue weighted by molar-refractivity contribution is -0.221. The summed E-state index contributed by atoms with van der Waals surface area (Å²) in [5, 5.41) is 26.6. The van der Waals surface area contributed by atoms with Crippen LogP contribution in [0.15, 0.2) is 30.5 Å². The Labute approximate surface area is 184 Å². The molecule has 32 heavy (non-hydrogen) atoms. The van der Waals surface area contributed by atoms with Crippen molar-refractivity contribution in [2.75, 3.05) is 5.32 Å². The van der Waals surface area contributed by atoms with Gasteiger partial charge in [-0.1, -0.05) is 38.8 Å². The summed E-state index contributed by atoms with van der Waals surface area (Å²) in [6.45, 7) is 2.63. The fraction of sp³-hybridized carbons (Fsp3) is 0.500. The lowest BCUT2D eigenvalue weighted by Gasteiger charge is -2.32. The van der Waals surface area contributed by atoms with Crippen LogP contribution < -0.4 is 11.1 Å². The van der Waals surface area contributed by atoms with Crippen molar-refractivity contribution in [3.63, 3.8) is 0 Å². The van der Waals surface area contributed by atoms with Crippen molar-refractivity contribution in [1.29, 1.82) is 5.26 Å². The fourth-order valence-corrected chi connectivity index (χ4v) is 4.10. The number of nitriles is 1. The van der Waals surface area contributed by atoms with Crippen LogP contribution in [-0.2, 0) is 5.41 Å². The van der Waals surface area contributed by atoms with Crippen molar-refractivity contribution in [3.8, 4) is 6.07 Å². The standard InChI is InChI=1S/C22H26F3N5O2/c1-21(2,20(32)22(23,24)25)14-7-9-15(10-8-14)28-19-16(18(27)31)12-30(29-19)17-6-4-3-5-13(17)11-26/h7-10,12-13,17,20,32H,3-6H2,1-2H3,(H2,27,31)(H,28,29)/t13-,17?,20+/m0/s1. The maximum Gasteiger partial charge on any atom is 0.415 e. The first kappa shape index (κ1) is 23.6. The van der Waals surface area contributed by atoms with Crippen molar-refractivity contribution in [1.82, 2.24) is 9.78 Å². The highest BCUT2D eigenvalue weighted by Crippen LogP contribution is 2.37. The fourth-order valence-electron chi connectivity index (χ4n) is 4.10. The third-order valence-electron chi connectivity index (χ3n) is 6.12. The second-order valence-electron chi connectivity index (χ2n) is 8.69. The van der Waals surface area contributed by atoms with E-state index in [-0.39, 0.29) is 23.3 Å². The van der Waals surface area contributed by atoms with Crippen LogP contribution in [0.4, 0.5) is 24.7 Å². The topological polar surface area (TPSA) is 117 Å². The quantitative estimate of drug-likeness (QED) is 0.612. The highest BCUT2D eigenvalue weighted by Gasteiger charge is 2.48. The Morgan fingerprint density at radius 1 is 1.28 bits per heavy atom. The minimum atomic E-state index is -4.75. The molecule has 1 saturated carbocycles. The molecular weight excluding hydrogens is 423 g/mol. The summed E-state index contributed by atoms with van der Waals surface area (Å²) < 4.78 is 40.6. The van der Waals surface area contributed by atoms with E-state index < -0.39 is 23.6 Å². The molecule has 1 aliphatic rings. The summed E-state index contributed by atoms with van der Waals surface area (Å²) in [7, 11) is 0. The van der Waals surface area contributed by atoms with Crippen molar-refractivity contribution >= 4 is 17.4 Å². The number of primary amides is 1. The first-order valence-corrected chi connectivity index (χ1v) is 10.4. The normalized spacial score (nSPS) is 20.4. The summed E-state index contributed by atoms with van der Waals surface area (Å²) in [4.78, 5) is 11.9. The van der Waals surface area contributed by atoms with Gasteiger partial charge in [0.2, 0.25) is 0 Å². The van der Waals surface area contributed by atoms with Crippen LogP contribution in [0, 0.1) is 17.2 Å². The number of benzene rings is 1. The van der Waals surface area contributed by atoms with E-state index in [9.17, 15) is 28.3 Å². The SMILES string of the molecule is CC(C)(c1ccc(Nc2nn(C3CCCC[C@H]3C#N)cc2C(N)=O)cc1)[C@@H](O)C(F)(F)F. The Bertz CT molecular complexity index is 1010. The number of hydrogen-bond acceptors (Lipinski definition) is 5. The average molecular weight is 449 g/mol. The molecule has 1 aliphatic carbocycles. The smallest absolute Gasteiger partial charge is 0.383 e. The molecule has 1 fully saturated rings. The summed E-state index contributed by atoms with van der Waals surface area (Å²) >= 11 is 0. The van der Waals surface area contributed by atoms with E-state index in [2.05, 4.69) is 16.5 Å². The number of carbonyl (C=O) groups excluding carboxylic acids is 1. The molecule has 1 unspecified atom stereocenters. The molecular formula is C22H26F3N5O2. The number of aliphatic hydroxyl groups is 1. The molecule has 1 aromatic carbocycles. The first-order valence-electron chi connectivity index (χ1n) is 10.4. The molecule has 1 amide bonds. The van der Waals surface area contributed by atoms with Gasteiger partial charge < -0.3 is 16.2 Å². The Kier molecular flexibility index (Phi) is 6.51. The largest absolute Gasteiger partial charge is 0.415 e. The molecule has 1 heterocycles.